The molecule has 0 radical (unpaired) electrons. The van der Waals surface area contributed by atoms with Gasteiger partial charge in [-0.3, -0.25) is 4.79 Å². The van der Waals surface area contributed by atoms with E-state index in [1.54, 1.807) is 37.7 Å². The minimum absolute atomic E-state index is 0.165. The average Bonchev–Trinajstić information content (AvgIpc) is 2.54. The third-order valence-corrected chi connectivity index (χ3v) is 2.85. The van der Waals surface area contributed by atoms with E-state index < -0.39 is 0 Å². The number of aromatic nitrogens is 2. The van der Waals surface area contributed by atoms with Crippen molar-refractivity contribution in [1.29, 1.82) is 0 Å². The van der Waals surface area contributed by atoms with E-state index in [2.05, 4.69) is 20.6 Å². The van der Waals surface area contributed by atoms with Gasteiger partial charge in [0.1, 0.15) is 5.82 Å². The van der Waals surface area contributed by atoms with Gasteiger partial charge >= 0.3 is 0 Å². The summed E-state index contributed by atoms with van der Waals surface area (Å²) in [5.74, 6) is 1.12. The molecular formula is C15H18N4O2. The van der Waals surface area contributed by atoms with Crippen LogP contribution in [-0.2, 0) is 6.54 Å². The fraction of sp³-hybridized carbons (Fsp3) is 0.267. The largest absolute Gasteiger partial charge is 0.481 e. The summed E-state index contributed by atoms with van der Waals surface area (Å²) in [6.07, 6.45) is 3.20. The first-order valence-electron chi connectivity index (χ1n) is 6.70. The Morgan fingerprint density at radius 1 is 1.29 bits per heavy atom. The molecule has 2 aromatic rings. The standard InChI is InChI=1S/C15H18N4O2/c1-3-16-13-5-4-12(10-18-13)15(20)19-9-11-6-7-17-14(8-11)21-2/h4-8,10H,3,9H2,1-2H3,(H,16,18)(H,19,20). The number of anilines is 1. The normalized spacial score (nSPS) is 10.0. The van der Waals surface area contributed by atoms with Gasteiger partial charge in [0.15, 0.2) is 0 Å². The quantitative estimate of drug-likeness (QED) is 0.847. The first-order valence-corrected chi connectivity index (χ1v) is 6.70. The zero-order chi connectivity index (χ0) is 15.1. The number of carbonyl (C=O) groups is 1. The van der Waals surface area contributed by atoms with Crippen molar-refractivity contribution in [2.75, 3.05) is 19.0 Å². The summed E-state index contributed by atoms with van der Waals surface area (Å²) in [5, 5.41) is 5.92. The van der Waals surface area contributed by atoms with Crippen molar-refractivity contribution in [2.24, 2.45) is 0 Å². The fourth-order valence-electron chi connectivity index (χ4n) is 1.77. The molecule has 0 saturated carbocycles. The molecule has 6 nitrogen and oxygen atoms in total. The molecule has 21 heavy (non-hydrogen) atoms. The van der Waals surface area contributed by atoms with Gasteiger partial charge in [0.05, 0.1) is 12.7 Å². The zero-order valence-electron chi connectivity index (χ0n) is 12.1. The fourth-order valence-corrected chi connectivity index (χ4v) is 1.77. The van der Waals surface area contributed by atoms with Gasteiger partial charge in [0, 0.05) is 31.5 Å². The minimum atomic E-state index is -0.165. The van der Waals surface area contributed by atoms with Gasteiger partial charge < -0.3 is 15.4 Å². The topological polar surface area (TPSA) is 76.1 Å². The predicted octanol–water partition coefficient (Wildman–Crippen LogP) is 1.85. The van der Waals surface area contributed by atoms with Crippen LogP contribution in [0.25, 0.3) is 0 Å². The lowest BCUT2D eigenvalue weighted by atomic mass is 10.2. The Labute approximate surface area is 123 Å². The van der Waals surface area contributed by atoms with Crippen molar-refractivity contribution in [3.8, 4) is 5.88 Å². The number of rotatable bonds is 6. The SMILES string of the molecule is CCNc1ccc(C(=O)NCc2ccnc(OC)c2)cn1. The van der Waals surface area contributed by atoms with Crippen molar-refractivity contribution < 1.29 is 9.53 Å². The number of carbonyl (C=O) groups excluding carboxylic acids is 1. The maximum absolute atomic E-state index is 12.0. The molecule has 0 unspecified atom stereocenters. The lowest BCUT2D eigenvalue weighted by Gasteiger charge is -2.07. The van der Waals surface area contributed by atoms with E-state index in [9.17, 15) is 4.79 Å². The number of ether oxygens (including phenoxy) is 1. The predicted molar refractivity (Wildman–Crippen MR) is 80.4 cm³/mol. The third-order valence-electron chi connectivity index (χ3n) is 2.85. The molecule has 0 atom stereocenters. The van der Waals surface area contributed by atoms with Gasteiger partial charge in [-0.05, 0) is 30.7 Å². The molecular weight excluding hydrogens is 268 g/mol. The molecule has 1 amide bonds. The number of nitrogens with one attached hydrogen (secondary N) is 2. The first kappa shape index (κ1) is 14.8. The van der Waals surface area contributed by atoms with E-state index >= 15 is 0 Å². The number of pyridine rings is 2. The van der Waals surface area contributed by atoms with Gasteiger partial charge in [0.25, 0.3) is 5.91 Å². The minimum Gasteiger partial charge on any atom is -0.481 e. The van der Waals surface area contributed by atoms with Crippen LogP contribution in [0.2, 0.25) is 0 Å². The second-order valence-electron chi connectivity index (χ2n) is 4.35. The van der Waals surface area contributed by atoms with E-state index in [4.69, 9.17) is 4.74 Å². The molecule has 2 rings (SSSR count). The summed E-state index contributed by atoms with van der Waals surface area (Å²) in [6.45, 7) is 3.19. The van der Waals surface area contributed by atoms with Gasteiger partial charge in [0.2, 0.25) is 5.88 Å². The van der Waals surface area contributed by atoms with E-state index in [1.165, 1.54) is 0 Å². The van der Waals surface area contributed by atoms with E-state index in [1.807, 2.05) is 13.0 Å². The lowest BCUT2D eigenvalue weighted by molar-refractivity contribution is 0.0950. The summed E-state index contributed by atoms with van der Waals surface area (Å²) >= 11 is 0. The van der Waals surface area contributed by atoms with Crippen LogP contribution < -0.4 is 15.4 Å². The molecule has 0 saturated heterocycles. The van der Waals surface area contributed by atoms with Crippen molar-refractivity contribution in [3.05, 3.63) is 47.8 Å². The molecule has 0 bridgehead atoms. The Balaban J connectivity index is 1.94. The summed E-state index contributed by atoms with van der Waals surface area (Å²) in [5.41, 5.74) is 1.45. The summed E-state index contributed by atoms with van der Waals surface area (Å²) < 4.78 is 5.04. The van der Waals surface area contributed by atoms with E-state index in [0.717, 1.165) is 17.9 Å². The first-order chi connectivity index (χ1) is 10.2. The summed E-state index contributed by atoms with van der Waals surface area (Å²) in [6, 6.07) is 7.14. The van der Waals surface area contributed by atoms with Gasteiger partial charge in [-0.1, -0.05) is 0 Å². The highest BCUT2D eigenvalue weighted by molar-refractivity contribution is 5.93. The molecule has 0 aliphatic heterocycles. The Bertz CT molecular complexity index is 599. The molecule has 0 spiro atoms. The number of amides is 1. The van der Waals surface area contributed by atoms with Crippen molar-refractivity contribution in [2.45, 2.75) is 13.5 Å². The Hall–Kier alpha value is -2.63. The number of hydrogen-bond donors (Lipinski definition) is 2. The second kappa shape index (κ2) is 7.23. The van der Waals surface area contributed by atoms with Crippen LogP contribution in [0.15, 0.2) is 36.7 Å². The maximum atomic E-state index is 12.0. The monoisotopic (exact) mass is 286 g/mol. The smallest absolute Gasteiger partial charge is 0.253 e. The van der Waals surface area contributed by atoms with Crippen LogP contribution in [0, 0.1) is 0 Å². The maximum Gasteiger partial charge on any atom is 0.253 e. The highest BCUT2D eigenvalue weighted by Crippen LogP contribution is 2.09. The lowest BCUT2D eigenvalue weighted by Crippen LogP contribution is -2.23. The Morgan fingerprint density at radius 3 is 2.81 bits per heavy atom. The highest BCUT2D eigenvalue weighted by Gasteiger charge is 2.06. The molecule has 0 aliphatic rings. The van der Waals surface area contributed by atoms with Crippen LogP contribution in [0.5, 0.6) is 5.88 Å². The van der Waals surface area contributed by atoms with Crippen LogP contribution in [-0.4, -0.2) is 29.5 Å². The van der Waals surface area contributed by atoms with E-state index in [0.29, 0.717) is 18.0 Å². The molecule has 2 N–H and O–H groups in total. The molecule has 0 fully saturated rings. The van der Waals surface area contributed by atoms with Gasteiger partial charge in [-0.2, -0.15) is 0 Å². The molecule has 6 heteroatoms. The molecule has 2 aromatic heterocycles. The molecule has 0 aromatic carbocycles. The average molecular weight is 286 g/mol. The number of methoxy groups -OCH3 is 1. The molecule has 110 valence electrons. The van der Waals surface area contributed by atoms with Gasteiger partial charge in [-0.15, -0.1) is 0 Å². The Morgan fingerprint density at radius 2 is 2.14 bits per heavy atom. The van der Waals surface area contributed by atoms with Crippen LogP contribution in [0.3, 0.4) is 0 Å². The third kappa shape index (κ3) is 4.17. The van der Waals surface area contributed by atoms with E-state index in [-0.39, 0.29) is 5.91 Å². The van der Waals surface area contributed by atoms with Crippen LogP contribution in [0.1, 0.15) is 22.8 Å². The zero-order valence-corrected chi connectivity index (χ0v) is 12.1. The van der Waals surface area contributed by atoms with Gasteiger partial charge in [-0.25, -0.2) is 9.97 Å². The molecule has 0 aliphatic carbocycles. The summed E-state index contributed by atoms with van der Waals surface area (Å²) in [4.78, 5) is 20.2. The van der Waals surface area contributed by atoms with Crippen molar-refractivity contribution in [3.63, 3.8) is 0 Å². The molecule has 2 heterocycles. The van der Waals surface area contributed by atoms with Crippen molar-refractivity contribution in [1.82, 2.24) is 15.3 Å². The number of hydrogen-bond acceptors (Lipinski definition) is 5. The highest BCUT2D eigenvalue weighted by atomic mass is 16.5. The number of nitrogens with zero attached hydrogens (tertiary/aromatic N) is 2. The second-order valence-corrected chi connectivity index (χ2v) is 4.35. The van der Waals surface area contributed by atoms with Crippen LogP contribution in [0.4, 0.5) is 5.82 Å². The van der Waals surface area contributed by atoms with Crippen molar-refractivity contribution >= 4 is 11.7 Å². The Kier molecular flexibility index (Phi) is 5.09. The summed E-state index contributed by atoms with van der Waals surface area (Å²) in [7, 11) is 1.56. The van der Waals surface area contributed by atoms with Crippen LogP contribution >= 0.6 is 0 Å².